The van der Waals surface area contributed by atoms with E-state index in [4.69, 9.17) is 4.74 Å². The summed E-state index contributed by atoms with van der Waals surface area (Å²) >= 11 is 0. The van der Waals surface area contributed by atoms with Crippen molar-refractivity contribution in [1.82, 2.24) is 0 Å². The number of hydrogen-bond acceptors (Lipinski definition) is 2. The number of carbonyl (C=O) groups excluding carboxylic acids is 1. The van der Waals surface area contributed by atoms with Crippen molar-refractivity contribution in [3.63, 3.8) is 0 Å². The summed E-state index contributed by atoms with van der Waals surface area (Å²) in [5.41, 5.74) is 4.49. The lowest BCUT2D eigenvalue weighted by atomic mass is 9.87. The highest BCUT2D eigenvalue weighted by atomic mass is 16.5. The number of carbonyl (C=O) groups is 1. The molecule has 0 fully saturated rings. The van der Waals surface area contributed by atoms with Gasteiger partial charge in [0.25, 0.3) is 0 Å². The maximum Gasteiger partial charge on any atom is 0.343 e. The number of aryl methyl sites for hydroxylation is 1. The minimum Gasteiger partial charge on any atom is -0.423 e. The lowest BCUT2D eigenvalue weighted by Crippen LogP contribution is -2.08. The number of rotatable bonds is 6. The van der Waals surface area contributed by atoms with Crippen LogP contribution in [0.15, 0.2) is 54.6 Å². The molecular formula is C24H28O2. The Hall–Kier alpha value is -2.35. The largest absolute Gasteiger partial charge is 0.423 e. The van der Waals surface area contributed by atoms with E-state index in [-0.39, 0.29) is 5.97 Å². The Morgan fingerprint density at radius 3 is 2.42 bits per heavy atom. The molecule has 0 spiro atoms. The first-order valence-corrected chi connectivity index (χ1v) is 9.76. The van der Waals surface area contributed by atoms with E-state index in [1.807, 2.05) is 48.5 Å². The van der Waals surface area contributed by atoms with Crippen LogP contribution in [0.25, 0.3) is 5.57 Å². The number of hydrogen-bond donors (Lipinski definition) is 0. The van der Waals surface area contributed by atoms with Crippen molar-refractivity contribution in [3.05, 3.63) is 71.3 Å². The van der Waals surface area contributed by atoms with E-state index < -0.39 is 0 Å². The predicted octanol–water partition coefficient (Wildman–Crippen LogP) is 6.45. The van der Waals surface area contributed by atoms with Crippen molar-refractivity contribution in [2.75, 3.05) is 0 Å². The van der Waals surface area contributed by atoms with Crippen LogP contribution in [-0.4, -0.2) is 5.97 Å². The average molecular weight is 348 g/mol. The molecule has 2 aromatic carbocycles. The summed E-state index contributed by atoms with van der Waals surface area (Å²) in [6, 6.07) is 15.6. The highest BCUT2D eigenvalue weighted by Gasteiger charge is 2.13. The summed E-state index contributed by atoms with van der Waals surface area (Å²) in [5.74, 6) is 1.08. The molecule has 1 atom stereocenters. The third-order valence-electron chi connectivity index (χ3n) is 5.12. The molecule has 2 aromatic rings. The summed E-state index contributed by atoms with van der Waals surface area (Å²) in [4.78, 5) is 12.4. The lowest BCUT2D eigenvalue weighted by molar-refractivity contribution is 0.0734. The van der Waals surface area contributed by atoms with Crippen LogP contribution in [0.2, 0.25) is 0 Å². The van der Waals surface area contributed by atoms with Crippen LogP contribution in [0, 0.1) is 5.92 Å². The fourth-order valence-electron chi connectivity index (χ4n) is 3.32. The van der Waals surface area contributed by atoms with E-state index in [1.54, 1.807) is 0 Å². The molecule has 3 rings (SSSR count). The van der Waals surface area contributed by atoms with Crippen molar-refractivity contribution in [2.45, 2.75) is 52.4 Å². The zero-order valence-electron chi connectivity index (χ0n) is 15.8. The predicted molar refractivity (Wildman–Crippen MR) is 107 cm³/mol. The van der Waals surface area contributed by atoms with Gasteiger partial charge in [-0.05, 0) is 79.0 Å². The van der Waals surface area contributed by atoms with Crippen molar-refractivity contribution < 1.29 is 9.53 Å². The monoisotopic (exact) mass is 348 g/mol. The Balaban J connectivity index is 1.61. The Bertz CT molecular complexity index is 754. The minimum absolute atomic E-state index is 0.302. The van der Waals surface area contributed by atoms with Crippen molar-refractivity contribution >= 4 is 11.5 Å². The molecule has 0 aliphatic heterocycles. The zero-order chi connectivity index (χ0) is 18.4. The number of allylic oxidation sites excluding steroid dienone is 2. The van der Waals surface area contributed by atoms with Crippen LogP contribution in [-0.2, 0) is 6.42 Å². The van der Waals surface area contributed by atoms with Gasteiger partial charge in [0.15, 0.2) is 0 Å². The van der Waals surface area contributed by atoms with Gasteiger partial charge in [-0.25, -0.2) is 4.79 Å². The highest BCUT2D eigenvalue weighted by Crippen LogP contribution is 2.30. The smallest absolute Gasteiger partial charge is 0.343 e. The number of esters is 1. The Morgan fingerprint density at radius 2 is 1.81 bits per heavy atom. The van der Waals surface area contributed by atoms with E-state index >= 15 is 0 Å². The van der Waals surface area contributed by atoms with Gasteiger partial charge in [0.2, 0.25) is 0 Å². The summed E-state index contributed by atoms with van der Waals surface area (Å²) < 4.78 is 5.51. The first-order valence-electron chi connectivity index (χ1n) is 9.76. The first-order chi connectivity index (χ1) is 12.7. The van der Waals surface area contributed by atoms with E-state index in [0.29, 0.717) is 11.3 Å². The average Bonchev–Trinajstić information content (AvgIpc) is 2.68. The molecule has 136 valence electrons. The molecule has 0 amide bonds. The Morgan fingerprint density at radius 1 is 1.08 bits per heavy atom. The SMILES string of the molecule is CCCCc1ccc(OC(=O)c2ccc(C3=CCC(C)CC3)cc2)cc1. The second-order valence-corrected chi connectivity index (χ2v) is 7.32. The zero-order valence-corrected chi connectivity index (χ0v) is 15.8. The molecule has 0 bridgehead atoms. The molecule has 2 heteroatoms. The topological polar surface area (TPSA) is 26.3 Å². The van der Waals surface area contributed by atoms with Gasteiger partial charge in [-0.2, -0.15) is 0 Å². The molecule has 0 radical (unpaired) electrons. The second-order valence-electron chi connectivity index (χ2n) is 7.32. The van der Waals surface area contributed by atoms with Crippen LogP contribution < -0.4 is 4.74 Å². The van der Waals surface area contributed by atoms with Crippen LogP contribution in [0.5, 0.6) is 5.75 Å². The van der Waals surface area contributed by atoms with E-state index in [0.717, 1.165) is 25.2 Å². The van der Waals surface area contributed by atoms with Gasteiger partial charge in [0.05, 0.1) is 5.56 Å². The summed E-state index contributed by atoms with van der Waals surface area (Å²) in [7, 11) is 0. The minimum atomic E-state index is -0.302. The van der Waals surface area contributed by atoms with Crippen molar-refractivity contribution in [1.29, 1.82) is 0 Å². The molecular weight excluding hydrogens is 320 g/mol. The van der Waals surface area contributed by atoms with Gasteiger partial charge >= 0.3 is 5.97 Å². The first kappa shape index (κ1) is 18.4. The molecule has 0 heterocycles. The number of ether oxygens (including phenoxy) is 1. The third kappa shape index (κ3) is 4.85. The summed E-state index contributed by atoms with van der Waals surface area (Å²) in [6.07, 6.45) is 9.28. The fourth-order valence-corrected chi connectivity index (χ4v) is 3.32. The summed E-state index contributed by atoms with van der Waals surface area (Å²) in [6.45, 7) is 4.48. The van der Waals surface area contributed by atoms with Crippen LogP contribution in [0.3, 0.4) is 0 Å². The van der Waals surface area contributed by atoms with Gasteiger partial charge < -0.3 is 4.74 Å². The van der Waals surface area contributed by atoms with Gasteiger partial charge in [0.1, 0.15) is 5.75 Å². The molecule has 1 unspecified atom stereocenters. The van der Waals surface area contributed by atoms with E-state index in [1.165, 1.54) is 36.0 Å². The van der Waals surface area contributed by atoms with Gasteiger partial charge in [0, 0.05) is 0 Å². The van der Waals surface area contributed by atoms with E-state index in [9.17, 15) is 4.79 Å². The standard InChI is InChI=1S/C24H28O2/c1-3-4-5-19-8-16-23(17-9-19)26-24(25)22-14-12-21(13-15-22)20-10-6-18(2)7-11-20/h8-10,12-18H,3-7,11H2,1-2H3. The Labute approximate surface area is 156 Å². The van der Waals surface area contributed by atoms with Gasteiger partial charge in [-0.3, -0.25) is 0 Å². The Kier molecular flexibility index (Phi) is 6.27. The maximum absolute atomic E-state index is 12.4. The number of unbranched alkanes of at least 4 members (excludes halogenated alkanes) is 1. The lowest BCUT2D eigenvalue weighted by Gasteiger charge is -2.18. The van der Waals surface area contributed by atoms with Gasteiger partial charge in [-0.1, -0.05) is 50.6 Å². The second kappa shape index (κ2) is 8.84. The molecule has 0 saturated heterocycles. The normalized spacial score (nSPS) is 16.8. The van der Waals surface area contributed by atoms with Crippen LogP contribution in [0.4, 0.5) is 0 Å². The summed E-state index contributed by atoms with van der Waals surface area (Å²) in [5, 5.41) is 0. The van der Waals surface area contributed by atoms with Crippen molar-refractivity contribution in [2.24, 2.45) is 5.92 Å². The third-order valence-corrected chi connectivity index (χ3v) is 5.12. The number of benzene rings is 2. The fraction of sp³-hybridized carbons (Fsp3) is 0.375. The molecule has 0 saturated carbocycles. The molecule has 0 N–H and O–H groups in total. The molecule has 2 nitrogen and oxygen atoms in total. The van der Waals surface area contributed by atoms with Crippen LogP contribution in [0.1, 0.15) is 67.4 Å². The molecule has 0 aromatic heterocycles. The highest BCUT2D eigenvalue weighted by molar-refractivity contribution is 5.91. The van der Waals surface area contributed by atoms with E-state index in [2.05, 4.69) is 19.9 Å². The quantitative estimate of drug-likeness (QED) is 0.443. The van der Waals surface area contributed by atoms with Crippen molar-refractivity contribution in [3.8, 4) is 5.75 Å². The molecule has 26 heavy (non-hydrogen) atoms. The van der Waals surface area contributed by atoms with Crippen LogP contribution >= 0.6 is 0 Å². The maximum atomic E-state index is 12.4. The molecule has 1 aliphatic carbocycles. The molecule has 1 aliphatic rings. The van der Waals surface area contributed by atoms with Gasteiger partial charge in [-0.15, -0.1) is 0 Å².